The van der Waals surface area contributed by atoms with Crippen LogP contribution in [-0.2, 0) is 11.0 Å². The van der Waals surface area contributed by atoms with Gasteiger partial charge in [0.15, 0.2) is 0 Å². The maximum atomic E-state index is 12.3. The average molecular weight is 288 g/mol. The van der Waals surface area contributed by atoms with Gasteiger partial charge in [0.2, 0.25) is 0 Å². The van der Waals surface area contributed by atoms with Crippen LogP contribution in [0.5, 0.6) is 0 Å². The molecule has 0 unspecified atom stereocenters. The summed E-state index contributed by atoms with van der Waals surface area (Å²) in [4.78, 5) is 23.5. The van der Waals surface area contributed by atoms with Gasteiger partial charge in [-0.05, 0) is 24.3 Å². The fourth-order valence-electron chi connectivity index (χ4n) is 1.75. The number of carboxylic acids is 1. The Bertz CT molecular complexity index is 522. The van der Waals surface area contributed by atoms with Gasteiger partial charge in [-0.25, -0.2) is 4.79 Å². The van der Waals surface area contributed by atoms with Crippen molar-refractivity contribution in [1.82, 2.24) is 4.90 Å². The van der Waals surface area contributed by atoms with Gasteiger partial charge in [0.25, 0.3) is 0 Å². The summed E-state index contributed by atoms with van der Waals surface area (Å²) < 4.78 is 37.0. The number of hydrogen-bond donors (Lipinski definition) is 2. The fourth-order valence-corrected chi connectivity index (χ4v) is 1.75. The number of alkyl halides is 3. The highest BCUT2D eigenvalue weighted by Gasteiger charge is 2.35. The Labute approximate surface area is 112 Å². The maximum absolute atomic E-state index is 12.3. The second-order valence-electron chi connectivity index (χ2n) is 4.45. The average Bonchev–Trinajstić information content (AvgIpc) is 2.25. The van der Waals surface area contributed by atoms with E-state index in [1.165, 1.54) is 4.90 Å². The van der Waals surface area contributed by atoms with Crippen LogP contribution in [0.2, 0.25) is 0 Å². The van der Waals surface area contributed by atoms with E-state index >= 15 is 0 Å². The summed E-state index contributed by atoms with van der Waals surface area (Å²) >= 11 is 0. The molecule has 0 bridgehead atoms. The predicted molar refractivity (Wildman–Crippen MR) is 63.2 cm³/mol. The van der Waals surface area contributed by atoms with Crippen LogP contribution in [0.25, 0.3) is 0 Å². The first-order chi connectivity index (χ1) is 9.27. The number of halogens is 3. The molecule has 20 heavy (non-hydrogen) atoms. The van der Waals surface area contributed by atoms with E-state index in [0.29, 0.717) is 0 Å². The van der Waals surface area contributed by atoms with Crippen molar-refractivity contribution in [3.8, 4) is 0 Å². The van der Waals surface area contributed by atoms with Crippen molar-refractivity contribution in [2.24, 2.45) is 5.92 Å². The lowest BCUT2D eigenvalue weighted by atomic mass is 10.0. The molecule has 2 amide bonds. The molecule has 1 saturated heterocycles. The van der Waals surface area contributed by atoms with E-state index in [0.717, 1.165) is 24.3 Å². The van der Waals surface area contributed by atoms with Crippen molar-refractivity contribution in [3.05, 3.63) is 29.8 Å². The monoisotopic (exact) mass is 288 g/mol. The summed E-state index contributed by atoms with van der Waals surface area (Å²) in [5.74, 6) is -1.54. The van der Waals surface area contributed by atoms with Crippen LogP contribution in [0, 0.1) is 5.92 Å². The third-order valence-corrected chi connectivity index (χ3v) is 2.98. The number of nitrogens with zero attached hydrogens (tertiary/aromatic N) is 1. The molecule has 1 heterocycles. The Hall–Kier alpha value is -2.25. The fraction of sp³-hybridized carbons (Fsp3) is 0.333. The number of anilines is 1. The largest absolute Gasteiger partial charge is 0.481 e. The number of carbonyl (C=O) groups excluding carboxylic acids is 1. The zero-order chi connectivity index (χ0) is 14.9. The summed E-state index contributed by atoms with van der Waals surface area (Å²) in [7, 11) is 0. The van der Waals surface area contributed by atoms with Gasteiger partial charge in [-0.2, -0.15) is 13.2 Å². The minimum absolute atomic E-state index is 0.0990. The van der Waals surface area contributed by atoms with E-state index in [1.54, 1.807) is 0 Å². The van der Waals surface area contributed by atoms with Crippen LogP contribution >= 0.6 is 0 Å². The number of nitrogens with one attached hydrogen (secondary N) is 1. The molecular formula is C12H11F3N2O3. The van der Waals surface area contributed by atoms with Crippen molar-refractivity contribution in [3.63, 3.8) is 0 Å². The van der Waals surface area contributed by atoms with Gasteiger partial charge in [0.05, 0.1) is 11.5 Å². The molecule has 0 aliphatic carbocycles. The standard InChI is InChI=1S/C12H11F3N2O3/c13-12(14,15)8-1-3-9(4-2-8)16-11(20)17-5-7(6-17)10(18)19/h1-4,7H,5-6H2,(H,16,20)(H,18,19). The Morgan fingerprint density at radius 3 is 2.20 bits per heavy atom. The molecular weight excluding hydrogens is 277 g/mol. The van der Waals surface area contributed by atoms with Crippen molar-refractivity contribution in [2.45, 2.75) is 6.18 Å². The molecule has 1 aromatic carbocycles. The molecule has 1 aromatic rings. The number of aliphatic carboxylic acids is 1. The molecule has 1 aliphatic rings. The summed E-state index contributed by atoms with van der Waals surface area (Å²) in [6.45, 7) is 0.198. The lowest BCUT2D eigenvalue weighted by Crippen LogP contribution is -2.54. The second-order valence-corrected chi connectivity index (χ2v) is 4.45. The van der Waals surface area contributed by atoms with Crippen LogP contribution in [-0.4, -0.2) is 35.1 Å². The van der Waals surface area contributed by atoms with Crippen molar-refractivity contribution >= 4 is 17.7 Å². The van der Waals surface area contributed by atoms with Gasteiger partial charge in [-0.3, -0.25) is 4.79 Å². The van der Waals surface area contributed by atoms with Crippen molar-refractivity contribution in [1.29, 1.82) is 0 Å². The lowest BCUT2D eigenvalue weighted by Gasteiger charge is -2.36. The first kappa shape index (κ1) is 14.2. The van der Waals surface area contributed by atoms with Gasteiger partial charge in [-0.1, -0.05) is 0 Å². The zero-order valence-electron chi connectivity index (χ0n) is 10.1. The Balaban J connectivity index is 1.91. The molecule has 2 rings (SSSR count). The number of urea groups is 1. The topological polar surface area (TPSA) is 69.6 Å². The highest BCUT2D eigenvalue weighted by atomic mass is 19.4. The van der Waals surface area contributed by atoms with E-state index in [9.17, 15) is 22.8 Å². The number of rotatable bonds is 2. The summed E-state index contributed by atoms with van der Waals surface area (Å²) in [5.41, 5.74) is -0.577. The number of carbonyl (C=O) groups is 2. The van der Waals surface area contributed by atoms with Crippen LogP contribution < -0.4 is 5.32 Å². The Kier molecular flexibility index (Phi) is 3.56. The number of amides is 2. The summed E-state index contributed by atoms with van der Waals surface area (Å²) in [6, 6.07) is 3.50. The van der Waals surface area contributed by atoms with Gasteiger partial charge in [0, 0.05) is 18.8 Å². The third kappa shape index (κ3) is 3.01. The maximum Gasteiger partial charge on any atom is 0.416 e. The molecule has 0 aromatic heterocycles. The molecule has 5 nitrogen and oxygen atoms in total. The second kappa shape index (κ2) is 5.03. The van der Waals surface area contributed by atoms with Crippen molar-refractivity contribution in [2.75, 3.05) is 18.4 Å². The molecule has 0 spiro atoms. The molecule has 1 fully saturated rings. The SMILES string of the molecule is O=C(O)C1CN(C(=O)Nc2ccc(C(F)(F)F)cc2)C1. The third-order valence-electron chi connectivity index (χ3n) is 2.98. The normalized spacial score (nSPS) is 15.7. The summed E-state index contributed by atoms with van der Waals surface area (Å²) in [5, 5.41) is 11.1. The highest BCUT2D eigenvalue weighted by Crippen LogP contribution is 2.30. The van der Waals surface area contributed by atoms with E-state index in [4.69, 9.17) is 5.11 Å². The molecule has 1 aliphatic heterocycles. The van der Waals surface area contributed by atoms with Gasteiger partial charge in [0.1, 0.15) is 0 Å². The van der Waals surface area contributed by atoms with E-state index in [1.807, 2.05) is 0 Å². The van der Waals surface area contributed by atoms with Gasteiger partial charge in [-0.15, -0.1) is 0 Å². The van der Waals surface area contributed by atoms with Gasteiger partial charge >= 0.3 is 18.2 Å². The predicted octanol–water partition coefficient (Wildman–Crippen LogP) is 2.25. The van der Waals surface area contributed by atoms with E-state index in [2.05, 4.69) is 5.32 Å². The van der Waals surface area contributed by atoms with Crippen LogP contribution in [0.15, 0.2) is 24.3 Å². The van der Waals surface area contributed by atoms with Crippen LogP contribution in [0.1, 0.15) is 5.56 Å². The van der Waals surface area contributed by atoms with Crippen LogP contribution in [0.4, 0.5) is 23.7 Å². The molecule has 0 radical (unpaired) electrons. The molecule has 0 saturated carbocycles. The molecule has 2 N–H and O–H groups in total. The summed E-state index contributed by atoms with van der Waals surface area (Å²) in [6.07, 6.45) is -4.42. The highest BCUT2D eigenvalue weighted by molar-refractivity contribution is 5.91. The molecule has 0 atom stereocenters. The van der Waals surface area contributed by atoms with Gasteiger partial charge < -0.3 is 15.3 Å². The van der Waals surface area contributed by atoms with E-state index in [-0.39, 0.29) is 18.8 Å². The molecule has 108 valence electrons. The number of carboxylic acid groups (broad SMARTS) is 1. The quantitative estimate of drug-likeness (QED) is 0.877. The smallest absolute Gasteiger partial charge is 0.416 e. The van der Waals surface area contributed by atoms with E-state index < -0.39 is 29.7 Å². The van der Waals surface area contributed by atoms with Crippen molar-refractivity contribution < 1.29 is 27.9 Å². The van der Waals surface area contributed by atoms with Crippen LogP contribution in [0.3, 0.4) is 0 Å². The minimum atomic E-state index is -4.42. The number of likely N-dealkylation sites (tertiary alicyclic amines) is 1. The minimum Gasteiger partial charge on any atom is -0.481 e. The lowest BCUT2D eigenvalue weighted by molar-refractivity contribution is -0.146. The number of hydrogen-bond acceptors (Lipinski definition) is 2. The Morgan fingerprint density at radius 1 is 1.20 bits per heavy atom. The zero-order valence-corrected chi connectivity index (χ0v) is 10.1. The molecule has 8 heteroatoms. The first-order valence-electron chi connectivity index (χ1n) is 5.73. The first-order valence-corrected chi connectivity index (χ1v) is 5.73. The Morgan fingerprint density at radius 2 is 1.75 bits per heavy atom. The number of benzene rings is 1.